The van der Waals surface area contributed by atoms with Crippen LogP contribution in [0.2, 0.25) is 0 Å². The maximum atomic E-state index is 12.4. The van der Waals surface area contributed by atoms with Gasteiger partial charge in [0.2, 0.25) is 5.91 Å². The van der Waals surface area contributed by atoms with Crippen molar-refractivity contribution in [3.63, 3.8) is 0 Å². The molecule has 0 unspecified atom stereocenters. The van der Waals surface area contributed by atoms with Crippen molar-refractivity contribution in [3.05, 3.63) is 29.6 Å². The summed E-state index contributed by atoms with van der Waals surface area (Å²) in [6.45, 7) is 1.84. The lowest BCUT2D eigenvalue weighted by molar-refractivity contribution is -0.130. The molecule has 128 valence electrons. The van der Waals surface area contributed by atoms with Gasteiger partial charge in [0.15, 0.2) is 0 Å². The number of pyridine rings is 1. The second kappa shape index (κ2) is 5.87. The lowest BCUT2D eigenvalue weighted by Gasteiger charge is -2.56. The number of carbonyl (C=O) groups excluding carboxylic acids is 2. The molecule has 1 heterocycles. The molecular weight excluding hydrogens is 302 g/mol. The van der Waals surface area contributed by atoms with Crippen molar-refractivity contribution in [1.82, 2.24) is 15.8 Å². The molecule has 0 aliphatic heterocycles. The number of hydrazine groups is 1. The van der Waals surface area contributed by atoms with Crippen LogP contribution in [-0.4, -0.2) is 16.8 Å². The minimum Gasteiger partial charge on any atom is -0.273 e. The molecule has 0 spiro atoms. The van der Waals surface area contributed by atoms with Gasteiger partial charge in [-0.2, -0.15) is 0 Å². The highest BCUT2D eigenvalue weighted by Crippen LogP contribution is 2.61. The van der Waals surface area contributed by atoms with Crippen LogP contribution in [0.4, 0.5) is 0 Å². The number of hydrogen-bond acceptors (Lipinski definition) is 3. The maximum absolute atomic E-state index is 12.4. The molecule has 0 radical (unpaired) electrons. The molecule has 5 rings (SSSR count). The van der Waals surface area contributed by atoms with Gasteiger partial charge >= 0.3 is 0 Å². The van der Waals surface area contributed by atoms with Gasteiger partial charge in [-0.25, -0.2) is 4.98 Å². The van der Waals surface area contributed by atoms with Crippen LogP contribution < -0.4 is 10.9 Å². The third kappa shape index (κ3) is 3.04. The summed E-state index contributed by atoms with van der Waals surface area (Å²) in [4.78, 5) is 28.6. The van der Waals surface area contributed by atoms with E-state index in [9.17, 15) is 9.59 Å². The van der Waals surface area contributed by atoms with Crippen LogP contribution in [0.5, 0.6) is 0 Å². The predicted molar refractivity (Wildman–Crippen MR) is 89.8 cm³/mol. The van der Waals surface area contributed by atoms with Gasteiger partial charge in [-0.15, -0.1) is 0 Å². The smallest absolute Gasteiger partial charge is 0.273 e. The van der Waals surface area contributed by atoms with Crippen molar-refractivity contribution in [3.8, 4) is 0 Å². The Labute approximate surface area is 142 Å². The fourth-order valence-electron chi connectivity index (χ4n) is 5.75. The lowest BCUT2D eigenvalue weighted by Crippen LogP contribution is -2.50. The summed E-state index contributed by atoms with van der Waals surface area (Å²) in [5, 5.41) is 0. The average molecular weight is 327 g/mol. The monoisotopic (exact) mass is 327 g/mol. The van der Waals surface area contributed by atoms with Crippen LogP contribution in [0.15, 0.2) is 18.2 Å². The van der Waals surface area contributed by atoms with Gasteiger partial charge in [0, 0.05) is 12.1 Å². The Hall–Kier alpha value is -1.91. The Bertz CT molecular complexity index is 635. The minimum absolute atomic E-state index is 0.0713. The summed E-state index contributed by atoms with van der Waals surface area (Å²) in [5.74, 6) is 2.05. The molecular formula is C19H25N3O2. The molecule has 4 bridgehead atoms. The number of hydrogen-bond donors (Lipinski definition) is 2. The normalized spacial score (nSPS) is 33.3. The van der Waals surface area contributed by atoms with Gasteiger partial charge in [0.25, 0.3) is 5.91 Å². The van der Waals surface area contributed by atoms with Gasteiger partial charge in [0.1, 0.15) is 5.69 Å². The van der Waals surface area contributed by atoms with E-state index in [1.807, 2.05) is 13.0 Å². The Morgan fingerprint density at radius 2 is 1.71 bits per heavy atom. The molecule has 5 heteroatoms. The molecule has 0 saturated heterocycles. The molecule has 4 aliphatic carbocycles. The second-order valence-electron chi connectivity index (χ2n) is 8.26. The molecule has 0 atom stereocenters. The Morgan fingerprint density at radius 3 is 2.29 bits per heavy atom. The fraction of sp³-hybridized carbons (Fsp3) is 0.632. The SMILES string of the molecule is Cc1cccc(C(=O)NNC(=O)CC23CC4CC(CC(C4)C2)C3)n1. The number of carbonyl (C=O) groups is 2. The van der Waals surface area contributed by atoms with Crippen molar-refractivity contribution in [2.75, 3.05) is 0 Å². The number of rotatable bonds is 3. The van der Waals surface area contributed by atoms with Crippen LogP contribution in [0, 0.1) is 30.1 Å². The number of nitrogens with one attached hydrogen (secondary N) is 2. The second-order valence-corrected chi connectivity index (χ2v) is 8.26. The van der Waals surface area contributed by atoms with Crippen LogP contribution in [0.3, 0.4) is 0 Å². The van der Waals surface area contributed by atoms with E-state index in [0.29, 0.717) is 12.1 Å². The number of amides is 2. The van der Waals surface area contributed by atoms with Crippen LogP contribution in [0.25, 0.3) is 0 Å². The predicted octanol–water partition coefficient (Wildman–Crippen LogP) is 2.76. The zero-order valence-corrected chi connectivity index (χ0v) is 14.2. The van der Waals surface area contributed by atoms with Crippen LogP contribution in [0.1, 0.15) is 61.1 Å². The molecule has 2 amide bonds. The van der Waals surface area contributed by atoms with E-state index in [-0.39, 0.29) is 17.2 Å². The highest BCUT2D eigenvalue weighted by atomic mass is 16.2. The van der Waals surface area contributed by atoms with Gasteiger partial charge in [-0.1, -0.05) is 6.07 Å². The van der Waals surface area contributed by atoms with E-state index in [2.05, 4.69) is 15.8 Å². The number of nitrogens with zero attached hydrogens (tertiary/aromatic N) is 1. The molecule has 5 nitrogen and oxygen atoms in total. The first-order valence-electron chi connectivity index (χ1n) is 9.04. The van der Waals surface area contributed by atoms with Crippen molar-refractivity contribution in [1.29, 1.82) is 0 Å². The largest absolute Gasteiger partial charge is 0.288 e. The summed E-state index contributed by atoms with van der Waals surface area (Å²) in [7, 11) is 0. The Balaban J connectivity index is 1.33. The van der Waals surface area contributed by atoms with E-state index in [0.717, 1.165) is 23.4 Å². The molecule has 4 fully saturated rings. The fourth-order valence-corrected chi connectivity index (χ4v) is 5.75. The van der Waals surface area contributed by atoms with E-state index in [1.54, 1.807) is 12.1 Å². The van der Waals surface area contributed by atoms with Crippen molar-refractivity contribution in [2.24, 2.45) is 23.2 Å². The molecule has 0 aromatic carbocycles. The standard InChI is InChI=1S/C19H25N3O2/c1-12-3-2-4-16(20-12)18(24)22-21-17(23)11-19-8-13-5-14(9-19)7-15(6-13)10-19/h2-4,13-15H,5-11H2,1H3,(H,21,23)(H,22,24). The highest BCUT2D eigenvalue weighted by molar-refractivity contribution is 5.93. The summed E-state index contributed by atoms with van der Waals surface area (Å²) < 4.78 is 0. The maximum Gasteiger partial charge on any atom is 0.288 e. The first-order chi connectivity index (χ1) is 11.5. The molecule has 1 aromatic heterocycles. The van der Waals surface area contributed by atoms with Gasteiger partial charge in [-0.3, -0.25) is 20.4 Å². The lowest BCUT2D eigenvalue weighted by atomic mass is 9.49. The molecule has 4 aliphatic rings. The first kappa shape index (κ1) is 15.6. The summed E-state index contributed by atoms with van der Waals surface area (Å²) in [6.07, 6.45) is 8.24. The van der Waals surface area contributed by atoms with Gasteiger partial charge < -0.3 is 0 Å². The molecule has 2 N–H and O–H groups in total. The third-order valence-corrected chi connectivity index (χ3v) is 6.14. The topological polar surface area (TPSA) is 71.1 Å². The van der Waals surface area contributed by atoms with Crippen molar-refractivity contribution >= 4 is 11.8 Å². The molecule has 1 aromatic rings. The first-order valence-corrected chi connectivity index (χ1v) is 9.04. The summed E-state index contributed by atoms with van der Waals surface area (Å²) in [5.41, 5.74) is 6.39. The zero-order valence-electron chi connectivity index (χ0n) is 14.2. The summed E-state index contributed by atoms with van der Waals surface area (Å²) >= 11 is 0. The minimum atomic E-state index is -0.363. The molecule has 24 heavy (non-hydrogen) atoms. The van der Waals surface area contributed by atoms with Crippen LogP contribution in [-0.2, 0) is 4.79 Å². The zero-order chi connectivity index (χ0) is 16.7. The average Bonchev–Trinajstić information content (AvgIpc) is 2.50. The van der Waals surface area contributed by atoms with Gasteiger partial charge in [0.05, 0.1) is 0 Å². The van der Waals surface area contributed by atoms with E-state index in [4.69, 9.17) is 0 Å². The van der Waals surface area contributed by atoms with E-state index in [1.165, 1.54) is 38.5 Å². The van der Waals surface area contributed by atoms with Gasteiger partial charge in [-0.05, 0) is 80.8 Å². The third-order valence-electron chi connectivity index (χ3n) is 6.14. The van der Waals surface area contributed by atoms with Crippen molar-refractivity contribution < 1.29 is 9.59 Å². The highest BCUT2D eigenvalue weighted by Gasteiger charge is 2.51. The van der Waals surface area contributed by atoms with Crippen molar-refractivity contribution in [2.45, 2.75) is 51.9 Å². The quantitative estimate of drug-likeness (QED) is 0.839. The van der Waals surface area contributed by atoms with Crippen LogP contribution >= 0.6 is 0 Å². The number of aromatic nitrogens is 1. The summed E-state index contributed by atoms with van der Waals surface area (Å²) in [6, 6.07) is 5.27. The number of aryl methyl sites for hydroxylation is 1. The Kier molecular flexibility index (Phi) is 3.82. The van der Waals surface area contributed by atoms with E-state index < -0.39 is 0 Å². The van der Waals surface area contributed by atoms with E-state index >= 15 is 0 Å². The Morgan fingerprint density at radius 1 is 1.08 bits per heavy atom. The molecule has 4 saturated carbocycles.